The second kappa shape index (κ2) is 5.11. The van der Waals surface area contributed by atoms with Gasteiger partial charge in [-0.25, -0.2) is 4.39 Å². The van der Waals surface area contributed by atoms with Gasteiger partial charge in [-0.3, -0.25) is 4.79 Å². The van der Waals surface area contributed by atoms with E-state index in [9.17, 15) is 22.4 Å². The fourth-order valence-electron chi connectivity index (χ4n) is 1.92. The van der Waals surface area contributed by atoms with Crippen molar-refractivity contribution in [2.24, 2.45) is 5.92 Å². The van der Waals surface area contributed by atoms with Gasteiger partial charge in [0, 0.05) is 24.3 Å². The Morgan fingerprint density at radius 2 is 2.00 bits per heavy atom. The summed E-state index contributed by atoms with van der Waals surface area (Å²) in [5, 5.41) is 0.710. The predicted molar refractivity (Wildman–Crippen MR) is 64.6 cm³/mol. The van der Waals surface area contributed by atoms with Crippen LogP contribution in [0.5, 0.6) is 0 Å². The average Bonchev–Trinajstić information content (AvgIpc) is 2.26. The van der Waals surface area contributed by atoms with Crippen molar-refractivity contribution in [1.29, 1.82) is 0 Å². The molecule has 1 fully saturated rings. The molecule has 1 saturated heterocycles. The van der Waals surface area contributed by atoms with Crippen LogP contribution in [-0.2, 0) is 6.18 Å². The van der Waals surface area contributed by atoms with Crippen molar-refractivity contribution < 1.29 is 22.4 Å². The summed E-state index contributed by atoms with van der Waals surface area (Å²) in [6.45, 7) is 0.861. The van der Waals surface area contributed by atoms with Crippen molar-refractivity contribution in [1.82, 2.24) is 4.90 Å². The van der Waals surface area contributed by atoms with Crippen LogP contribution in [0.25, 0.3) is 0 Å². The third-order valence-corrected chi connectivity index (χ3v) is 3.91. The predicted octanol–water partition coefficient (Wildman–Crippen LogP) is 3.31. The Kier molecular flexibility index (Phi) is 3.85. The zero-order valence-electron chi connectivity index (χ0n) is 9.68. The summed E-state index contributed by atoms with van der Waals surface area (Å²) < 4.78 is 51.3. The van der Waals surface area contributed by atoms with Crippen LogP contribution in [0, 0.1) is 11.7 Å². The molecule has 1 aliphatic heterocycles. The fourth-order valence-corrected chi connectivity index (χ4v) is 2.33. The van der Waals surface area contributed by atoms with Gasteiger partial charge in [0.25, 0.3) is 5.91 Å². The van der Waals surface area contributed by atoms with Crippen LogP contribution in [0.2, 0.25) is 0 Å². The number of benzene rings is 1. The third kappa shape index (κ3) is 2.75. The van der Waals surface area contributed by atoms with E-state index in [1.807, 2.05) is 0 Å². The fraction of sp³-hybridized carbons (Fsp3) is 0.417. The second-order valence-electron chi connectivity index (χ2n) is 4.40. The highest BCUT2D eigenvalue weighted by molar-refractivity contribution is 9.09. The second-order valence-corrected chi connectivity index (χ2v) is 5.04. The quantitative estimate of drug-likeness (QED) is 0.598. The van der Waals surface area contributed by atoms with E-state index in [-0.39, 0.29) is 5.92 Å². The molecule has 0 saturated carbocycles. The van der Waals surface area contributed by atoms with E-state index >= 15 is 0 Å². The summed E-state index contributed by atoms with van der Waals surface area (Å²) in [6.07, 6.45) is -4.80. The number of amides is 1. The van der Waals surface area contributed by atoms with Gasteiger partial charge >= 0.3 is 6.18 Å². The van der Waals surface area contributed by atoms with Crippen molar-refractivity contribution >= 4 is 21.8 Å². The van der Waals surface area contributed by atoms with Gasteiger partial charge in [-0.15, -0.1) is 0 Å². The summed E-state index contributed by atoms with van der Waals surface area (Å²) >= 11 is 3.25. The summed E-state index contributed by atoms with van der Waals surface area (Å²) in [6, 6.07) is 2.75. The van der Waals surface area contributed by atoms with E-state index < -0.39 is 29.0 Å². The Hall–Kier alpha value is -1.11. The molecule has 19 heavy (non-hydrogen) atoms. The maximum atomic E-state index is 13.7. The van der Waals surface area contributed by atoms with E-state index in [0.29, 0.717) is 24.5 Å². The number of hydrogen-bond donors (Lipinski definition) is 0. The van der Waals surface area contributed by atoms with E-state index in [1.165, 1.54) is 4.90 Å². The minimum absolute atomic E-state index is 0.276. The van der Waals surface area contributed by atoms with Gasteiger partial charge in [-0.05, 0) is 12.1 Å². The Morgan fingerprint density at radius 3 is 2.53 bits per heavy atom. The van der Waals surface area contributed by atoms with E-state index in [0.717, 1.165) is 12.1 Å². The van der Waals surface area contributed by atoms with E-state index in [1.54, 1.807) is 0 Å². The normalized spacial score (nSPS) is 16.4. The number of alkyl halides is 4. The topological polar surface area (TPSA) is 20.3 Å². The highest BCUT2D eigenvalue weighted by Crippen LogP contribution is 2.33. The van der Waals surface area contributed by atoms with Crippen LogP contribution in [-0.4, -0.2) is 29.2 Å². The molecule has 0 aliphatic carbocycles. The first kappa shape index (κ1) is 14.3. The van der Waals surface area contributed by atoms with Gasteiger partial charge in [0.15, 0.2) is 0 Å². The van der Waals surface area contributed by atoms with Crippen LogP contribution < -0.4 is 0 Å². The number of carbonyl (C=O) groups is 1. The largest absolute Gasteiger partial charge is 0.419 e. The van der Waals surface area contributed by atoms with Crippen molar-refractivity contribution in [3.05, 3.63) is 35.1 Å². The molecular weight excluding hydrogens is 330 g/mol. The maximum absolute atomic E-state index is 13.7. The SMILES string of the molecule is O=C(c1cccc(C(F)(F)F)c1F)N1CC(CBr)C1. The average molecular weight is 340 g/mol. The molecule has 0 atom stereocenters. The molecule has 0 spiro atoms. The number of hydrogen-bond acceptors (Lipinski definition) is 1. The lowest BCUT2D eigenvalue weighted by atomic mass is 10.00. The molecule has 7 heteroatoms. The Morgan fingerprint density at radius 1 is 1.37 bits per heavy atom. The number of carbonyl (C=O) groups excluding carboxylic acids is 1. The van der Waals surface area contributed by atoms with Crippen molar-refractivity contribution in [3.63, 3.8) is 0 Å². The maximum Gasteiger partial charge on any atom is 0.419 e. The monoisotopic (exact) mass is 339 g/mol. The first-order valence-electron chi connectivity index (χ1n) is 5.55. The number of halogens is 5. The summed E-state index contributed by atoms with van der Waals surface area (Å²) in [5.41, 5.74) is -1.93. The molecule has 1 heterocycles. The van der Waals surface area contributed by atoms with Crippen molar-refractivity contribution in [3.8, 4) is 0 Å². The van der Waals surface area contributed by atoms with Crippen LogP contribution in [0.4, 0.5) is 17.6 Å². The third-order valence-electron chi connectivity index (χ3n) is 3.00. The van der Waals surface area contributed by atoms with Gasteiger partial charge in [0.1, 0.15) is 5.82 Å². The van der Waals surface area contributed by atoms with Gasteiger partial charge in [0.2, 0.25) is 0 Å². The van der Waals surface area contributed by atoms with Crippen LogP contribution in [0.3, 0.4) is 0 Å². The van der Waals surface area contributed by atoms with E-state index in [2.05, 4.69) is 15.9 Å². The number of nitrogens with zero attached hydrogens (tertiary/aromatic N) is 1. The Balaban J connectivity index is 2.24. The number of likely N-dealkylation sites (tertiary alicyclic amines) is 1. The lowest BCUT2D eigenvalue weighted by Crippen LogP contribution is -2.50. The zero-order chi connectivity index (χ0) is 14.2. The molecule has 104 valence electrons. The van der Waals surface area contributed by atoms with Crippen LogP contribution >= 0.6 is 15.9 Å². The summed E-state index contributed by atoms with van der Waals surface area (Å²) in [7, 11) is 0. The molecule has 1 aromatic carbocycles. The highest BCUT2D eigenvalue weighted by Gasteiger charge is 2.37. The lowest BCUT2D eigenvalue weighted by molar-refractivity contribution is -0.140. The molecule has 0 aromatic heterocycles. The van der Waals surface area contributed by atoms with Gasteiger partial charge in [0.05, 0.1) is 11.1 Å². The van der Waals surface area contributed by atoms with Crippen LogP contribution in [0.1, 0.15) is 15.9 Å². The molecule has 0 N–H and O–H groups in total. The minimum Gasteiger partial charge on any atom is -0.338 e. The first-order chi connectivity index (χ1) is 8.84. The molecule has 1 amide bonds. The zero-order valence-corrected chi connectivity index (χ0v) is 11.3. The Labute approximate surface area is 115 Å². The lowest BCUT2D eigenvalue weighted by Gasteiger charge is -2.38. The van der Waals surface area contributed by atoms with Gasteiger partial charge in [-0.2, -0.15) is 13.2 Å². The molecule has 1 aliphatic rings. The first-order valence-corrected chi connectivity index (χ1v) is 6.67. The van der Waals surface area contributed by atoms with E-state index in [4.69, 9.17) is 0 Å². The Bertz CT molecular complexity index is 497. The van der Waals surface area contributed by atoms with Crippen molar-refractivity contribution in [2.75, 3.05) is 18.4 Å². The van der Waals surface area contributed by atoms with Gasteiger partial charge < -0.3 is 4.90 Å². The molecule has 2 rings (SSSR count). The summed E-state index contributed by atoms with van der Waals surface area (Å²) in [5.74, 6) is -1.92. The smallest absolute Gasteiger partial charge is 0.338 e. The van der Waals surface area contributed by atoms with Crippen molar-refractivity contribution in [2.45, 2.75) is 6.18 Å². The molecule has 1 aromatic rings. The summed E-state index contributed by atoms with van der Waals surface area (Å²) in [4.78, 5) is 13.2. The molecule has 0 unspecified atom stereocenters. The molecule has 0 radical (unpaired) electrons. The highest BCUT2D eigenvalue weighted by atomic mass is 79.9. The van der Waals surface area contributed by atoms with Gasteiger partial charge in [-0.1, -0.05) is 22.0 Å². The number of rotatable bonds is 2. The molecular formula is C12H10BrF4NO. The van der Waals surface area contributed by atoms with Crippen LogP contribution in [0.15, 0.2) is 18.2 Å². The minimum atomic E-state index is -4.80. The molecule has 0 bridgehead atoms. The standard InChI is InChI=1S/C12H10BrF4NO/c13-4-7-5-18(6-7)11(19)8-2-1-3-9(10(8)14)12(15,16)17/h1-3,7H,4-6H2. The molecule has 2 nitrogen and oxygen atoms in total.